The molecule has 0 aliphatic heterocycles. The number of pyridine rings is 1. The number of thioether (sulfide) groups is 1. The minimum absolute atomic E-state index is 0.208. The van der Waals surface area contributed by atoms with Gasteiger partial charge in [-0.1, -0.05) is 19.4 Å². The molecule has 0 radical (unpaired) electrons. The van der Waals surface area contributed by atoms with Crippen molar-refractivity contribution in [3.05, 3.63) is 23.4 Å². The standard InChI is InChI=1S/C13H22N2S/c1-4-5-6-16-13-10(2)7-12(9-15-13)8-11(3)14/h7,9,11H,4-6,8,14H2,1-3H3. The van der Waals surface area contributed by atoms with Crippen LogP contribution in [0.1, 0.15) is 37.8 Å². The molecule has 0 aliphatic rings. The minimum atomic E-state index is 0.208. The average Bonchev–Trinajstić information content (AvgIpc) is 2.20. The summed E-state index contributed by atoms with van der Waals surface area (Å²) in [5.41, 5.74) is 8.30. The van der Waals surface area contributed by atoms with E-state index in [2.05, 4.69) is 24.9 Å². The first-order valence-electron chi connectivity index (χ1n) is 5.97. The molecule has 2 nitrogen and oxygen atoms in total. The largest absolute Gasteiger partial charge is 0.328 e. The van der Waals surface area contributed by atoms with Crippen LogP contribution in [0.25, 0.3) is 0 Å². The van der Waals surface area contributed by atoms with Crippen molar-refractivity contribution in [2.75, 3.05) is 5.75 Å². The summed E-state index contributed by atoms with van der Waals surface area (Å²) in [6, 6.07) is 2.42. The fourth-order valence-corrected chi connectivity index (χ4v) is 2.61. The van der Waals surface area contributed by atoms with Gasteiger partial charge in [0.1, 0.15) is 0 Å². The summed E-state index contributed by atoms with van der Waals surface area (Å²) in [4.78, 5) is 4.51. The minimum Gasteiger partial charge on any atom is -0.328 e. The lowest BCUT2D eigenvalue weighted by Crippen LogP contribution is -2.17. The molecule has 2 N–H and O–H groups in total. The second kappa shape index (κ2) is 6.92. The molecule has 1 rings (SSSR count). The molecule has 0 aromatic carbocycles. The van der Waals surface area contributed by atoms with Crippen LogP contribution in [0.15, 0.2) is 17.3 Å². The van der Waals surface area contributed by atoms with Crippen LogP contribution in [0.2, 0.25) is 0 Å². The van der Waals surface area contributed by atoms with Crippen molar-refractivity contribution in [3.63, 3.8) is 0 Å². The summed E-state index contributed by atoms with van der Waals surface area (Å²) < 4.78 is 0. The third-order valence-electron chi connectivity index (χ3n) is 2.38. The van der Waals surface area contributed by atoms with Crippen molar-refractivity contribution in [3.8, 4) is 0 Å². The van der Waals surface area contributed by atoms with Gasteiger partial charge in [-0.05, 0) is 43.6 Å². The number of aryl methyl sites for hydroxylation is 1. The van der Waals surface area contributed by atoms with Gasteiger partial charge in [-0.2, -0.15) is 0 Å². The van der Waals surface area contributed by atoms with Gasteiger partial charge in [0.25, 0.3) is 0 Å². The summed E-state index contributed by atoms with van der Waals surface area (Å²) in [7, 11) is 0. The number of nitrogens with zero attached hydrogens (tertiary/aromatic N) is 1. The Morgan fingerprint density at radius 2 is 2.25 bits per heavy atom. The van der Waals surface area contributed by atoms with Gasteiger partial charge in [-0.15, -0.1) is 11.8 Å². The van der Waals surface area contributed by atoms with Gasteiger partial charge in [0.2, 0.25) is 0 Å². The quantitative estimate of drug-likeness (QED) is 0.611. The van der Waals surface area contributed by atoms with E-state index in [1.807, 2.05) is 24.9 Å². The normalized spacial score (nSPS) is 12.8. The number of aromatic nitrogens is 1. The number of hydrogen-bond donors (Lipinski definition) is 1. The Labute approximate surface area is 103 Å². The Bertz CT molecular complexity index is 324. The third kappa shape index (κ3) is 4.54. The fraction of sp³-hybridized carbons (Fsp3) is 0.615. The van der Waals surface area contributed by atoms with Crippen LogP contribution in [0.4, 0.5) is 0 Å². The first kappa shape index (κ1) is 13.5. The van der Waals surface area contributed by atoms with Crippen molar-refractivity contribution >= 4 is 11.8 Å². The van der Waals surface area contributed by atoms with Crippen LogP contribution < -0.4 is 5.73 Å². The molecule has 90 valence electrons. The van der Waals surface area contributed by atoms with Gasteiger partial charge >= 0.3 is 0 Å². The number of unbranched alkanes of at least 4 members (excludes halogenated alkanes) is 1. The fourth-order valence-electron chi connectivity index (χ4n) is 1.57. The molecule has 0 bridgehead atoms. The van der Waals surface area contributed by atoms with E-state index < -0.39 is 0 Å². The van der Waals surface area contributed by atoms with Gasteiger partial charge in [0.05, 0.1) is 5.03 Å². The number of hydrogen-bond acceptors (Lipinski definition) is 3. The van der Waals surface area contributed by atoms with E-state index in [1.54, 1.807) is 0 Å². The molecule has 0 aliphatic carbocycles. The first-order valence-corrected chi connectivity index (χ1v) is 6.96. The lowest BCUT2D eigenvalue weighted by atomic mass is 10.1. The van der Waals surface area contributed by atoms with Crippen molar-refractivity contribution in [1.29, 1.82) is 0 Å². The summed E-state index contributed by atoms with van der Waals surface area (Å²) in [5.74, 6) is 1.16. The van der Waals surface area contributed by atoms with Gasteiger partial charge < -0.3 is 5.73 Å². The van der Waals surface area contributed by atoms with Crippen molar-refractivity contribution in [2.45, 2.75) is 51.1 Å². The predicted octanol–water partition coefficient (Wildman–Crippen LogP) is 3.17. The Morgan fingerprint density at radius 1 is 1.50 bits per heavy atom. The van der Waals surface area contributed by atoms with Crippen LogP contribution in [0.3, 0.4) is 0 Å². The molecule has 0 spiro atoms. The van der Waals surface area contributed by atoms with E-state index in [-0.39, 0.29) is 6.04 Å². The van der Waals surface area contributed by atoms with E-state index in [1.165, 1.54) is 29.0 Å². The van der Waals surface area contributed by atoms with E-state index in [0.717, 1.165) is 12.2 Å². The highest BCUT2D eigenvalue weighted by molar-refractivity contribution is 7.99. The topological polar surface area (TPSA) is 38.9 Å². The summed E-state index contributed by atoms with van der Waals surface area (Å²) >= 11 is 1.86. The summed E-state index contributed by atoms with van der Waals surface area (Å²) in [5, 5.41) is 1.17. The average molecular weight is 238 g/mol. The zero-order valence-electron chi connectivity index (χ0n) is 10.5. The van der Waals surface area contributed by atoms with Crippen LogP contribution in [0.5, 0.6) is 0 Å². The maximum atomic E-state index is 5.78. The molecular weight excluding hydrogens is 216 g/mol. The van der Waals surface area contributed by atoms with Crippen molar-refractivity contribution in [2.24, 2.45) is 5.73 Å². The Hall–Kier alpha value is -0.540. The zero-order valence-corrected chi connectivity index (χ0v) is 11.3. The predicted molar refractivity (Wildman–Crippen MR) is 72.0 cm³/mol. The molecule has 1 aromatic heterocycles. The van der Waals surface area contributed by atoms with Gasteiger partial charge in [-0.3, -0.25) is 0 Å². The van der Waals surface area contributed by atoms with Crippen LogP contribution in [0, 0.1) is 6.92 Å². The maximum Gasteiger partial charge on any atom is 0.0989 e. The van der Waals surface area contributed by atoms with E-state index in [0.29, 0.717) is 0 Å². The highest BCUT2D eigenvalue weighted by atomic mass is 32.2. The SMILES string of the molecule is CCCCSc1ncc(CC(C)N)cc1C. The highest BCUT2D eigenvalue weighted by Gasteiger charge is 2.04. The van der Waals surface area contributed by atoms with Crippen LogP contribution >= 0.6 is 11.8 Å². The molecule has 0 amide bonds. The monoisotopic (exact) mass is 238 g/mol. The van der Waals surface area contributed by atoms with Crippen LogP contribution in [-0.2, 0) is 6.42 Å². The second-order valence-electron chi connectivity index (χ2n) is 4.35. The highest BCUT2D eigenvalue weighted by Crippen LogP contribution is 2.21. The summed E-state index contributed by atoms with van der Waals surface area (Å²) in [6.07, 6.45) is 5.38. The molecule has 1 unspecified atom stereocenters. The van der Waals surface area contributed by atoms with Crippen LogP contribution in [-0.4, -0.2) is 16.8 Å². The molecule has 0 fully saturated rings. The van der Waals surface area contributed by atoms with Gasteiger partial charge in [-0.25, -0.2) is 4.98 Å². The Balaban J connectivity index is 2.60. The maximum absolute atomic E-state index is 5.78. The molecule has 1 aromatic rings. The molecule has 1 atom stereocenters. The van der Waals surface area contributed by atoms with E-state index in [4.69, 9.17) is 5.73 Å². The molecule has 16 heavy (non-hydrogen) atoms. The molecule has 3 heteroatoms. The third-order valence-corrected chi connectivity index (χ3v) is 3.57. The molecular formula is C13H22N2S. The Morgan fingerprint density at radius 3 is 2.81 bits per heavy atom. The van der Waals surface area contributed by atoms with E-state index >= 15 is 0 Å². The summed E-state index contributed by atoms with van der Waals surface area (Å²) in [6.45, 7) is 6.37. The number of rotatable bonds is 6. The zero-order chi connectivity index (χ0) is 12.0. The molecule has 0 saturated heterocycles. The lowest BCUT2D eigenvalue weighted by Gasteiger charge is -2.08. The lowest BCUT2D eigenvalue weighted by molar-refractivity contribution is 0.733. The van der Waals surface area contributed by atoms with Crippen molar-refractivity contribution < 1.29 is 0 Å². The molecule has 1 heterocycles. The Kier molecular flexibility index (Phi) is 5.85. The smallest absolute Gasteiger partial charge is 0.0989 e. The molecule has 0 saturated carbocycles. The van der Waals surface area contributed by atoms with E-state index in [9.17, 15) is 0 Å². The number of nitrogens with two attached hydrogens (primary N) is 1. The van der Waals surface area contributed by atoms with Gasteiger partial charge in [0, 0.05) is 12.2 Å². The van der Waals surface area contributed by atoms with Crippen molar-refractivity contribution in [1.82, 2.24) is 4.98 Å². The second-order valence-corrected chi connectivity index (χ2v) is 5.43. The first-order chi connectivity index (χ1) is 7.63. The van der Waals surface area contributed by atoms with Gasteiger partial charge in [0.15, 0.2) is 0 Å².